The van der Waals surface area contributed by atoms with Crippen molar-refractivity contribution in [2.24, 2.45) is 0 Å². The Morgan fingerprint density at radius 1 is 0.786 bits per heavy atom. The van der Waals surface area contributed by atoms with E-state index in [4.69, 9.17) is 15.0 Å². The molecule has 0 fully saturated rings. The van der Waals surface area contributed by atoms with Crippen LogP contribution in [0.3, 0.4) is 0 Å². The van der Waals surface area contributed by atoms with Gasteiger partial charge in [0.25, 0.3) is 0 Å². The summed E-state index contributed by atoms with van der Waals surface area (Å²) in [5.41, 5.74) is 6.22. The third-order valence-electron chi connectivity index (χ3n) is 4.65. The van der Waals surface area contributed by atoms with Crippen LogP contribution in [-0.2, 0) is 0 Å². The second-order valence-electron chi connectivity index (χ2n) is 6.57. The molecule has 6 heteroatoms. The van der Waals surface area contributed by atoms with Gasteiger partial charge in [-0.25, -0.2) is 15.0 Å². The molecule has 0 N–H and O–H groups in total. The quantitative estimate of drug-likeness (QED) is 0.283. The number of para-hydroxylation sites is 2. The van der Waals surface area contributed by atoms with Crippen molar-refractivity contribution in [2.45, 2.75) is 6.92 Å². The van der Waals surface area contributed by atoms with E-state index < -0.39 is 0 Å². The molecular formula is C22H14Br2N4. The maximum absolute atomic E-state index is 4.89. The molecule has 0 spiro atoms. The lowest BCUT2D eigenvalue weighted by Gasteiger charge is -2.11. The highest BCUT2D eigenvalue weighted by Crippen LogP contribution is 2.31. The molecule has 28 heavy (non-hydrogen) atoms. The van der Waals surface area contributed by atoms with Crippen molar-refractivity contribution in [2.75, 3.05) is 0 Å². The number of aromatic nitrogens is 4. The first-order valence-electron chi connectivity index (χ1n) is 8.78. The van der Waals surface area contributed by atoms with Gasteiger partial charge in [-0.3, -0.25) is 4.57 Å². The van der Waals surface area contributed by atoms with E-state index in [1.165, 1.54) is 0 Å². The number of imidazole rings is 1. The van der Waals surface area contributed by atoms with E-state index >= 15 is 0 Å². The Balaban J connectivity index is 1.89. The maximum atomic E-state index is 4.89. The highest BCUT2D eigenvalue weighted by atomic mass is 79.9. The molecule has 0 aliphatic heterocycles. The minimum atomic E-state index is 0.634. The molecule has 0 radical (unpaired) electrons. The topological polar surface area (TPSA) is 43.6 Å². The Labute approximate surface area is 178 Å². The lowest BCUT2D eigenvalue weighted by molar-refractivity contribution is 1.08. The summed E-state index contributed by atoms with van der Waals surface area (Å²) in [6.45, 7) is 2.08. The third-order valence-corrected chi connectivity index (χ3v) is 6.04. The van der Waals surface area contributed by atoms with Crippen LogP contribution in [-0.4, -0.2) is 19.5 Å². The van der Waals surface area contributed by atoms with Crippen LogP contribution in [0.2, 0.25) is 0 Å². The minimum absolute atomic E-state index is 0.634. The molecule has 4 nitrogen and oxygen atoms in total. The fraction of sp³-hybridized carbons (Fsp3) is 0.0455. The Hall–Kier alpha value is -2.57. The monoisotopic (exact) mass is 492 g/mol. The van der Waals surface area contributed by atoms with E-state index in [1.54, 1.807) is 0 Å². The molecule has 5 aromatic rings. The van der Waals surface area contributed by atoms with Gasteiger partial charge in [-0.1, -0.05) is 56.1 Å². The molecule has 0 aliphatic rings. The first-order valence-corrected chi connectivity index (χ1v) is 10.4. The molecule has 0 bridgehead atoms. The number of benzene rings is 3. The molecular weight excluding hydrogens is 480 g/mol. The third kappa shape index (κ3) is 2.93. The Morgan fingerprint density at radius 2 is 1.57 bits per heavy atom. The predicted octanol–water partition coefficient (Wildman–Crippen LogP) is 6.47. The molecule has 0 saturated carbocycles. The zero-order valence-corrected chi connectivity index (χ0v) is 18.1. The molecule has 3 aromatic carbocycles. The van der Waals surface area contributed by atoms with E-state index in [9.17, 15) is 0 Å². The number of hydrogen-bond acceptors (Lipinski definition) is 3. The van der Waals surface area contributed by atoms with Gasteiger partial charge < -0.3 is 0 Å². The second kappa shape index (κ2) is 6.79. The van der Waals surface area contributed by atoms with E-state index in [-0.39, 0.29) is 0 Å². The normalized spacial score (nSPS) is 11.4. The zero-order chi connectivity index (χ0) is 19.3. The Kier molecular flexibility index (Phi) is 4.25. The van der Waals surface area contributed by atoms with Gasteiger partial charge in [0.1, 0.15) is 5.82 Å². The van der Waals surface area contributed by atoms with Gasteiger partial charge in [0.05, 0.1) is 11.0 Å². The van der Waals surface area contributed by atoms with Crippen LogP contribution in [0.4, 0.5) is 0 Å². The zero-order valence-electron chi connectivity index (χ0n) is 14.9. The summed E-state index contributed by atoms with van der Waals surface area (Å²) in [5.74, 6) is 0.813. The minimum Gasteiger partial charge on any atom is -0.275 e. The number of fused-ring (bicyclic) bond motifs is 2. The van der Waals surface area contributed by atoms with Crippen LogP contribution in [0.1, 0.15) is 5.56 Å². The number of aryl methyl sites for hydroxylation is 1. The fourth-order valence-corrected chi connectivity index (χ4v) is 3.94. The first-order chi connectivity index (χ1) is 13.6. The van der Waals surface area contributed by atoms with Crippen LogP contribution in [0.5, 0.6) is 0 Å². The molecule has 136 valence electrons. The first kappa shape index (κ1) is 17.5. The van der Waals surface area contributed by atoms with Crippen molar-refractivity contribution < 1.29 is 0 Å². The maximum Gasteiger partial charge on any atom is 0.199 e. The van der Waals surface area contributed by atoms with Crippen LogP contribution in [0, 0.1) is 6.92 Å². The summed E-state index contributed by atoms with van der Waals surface area (Å²) in [6, 6.07) is 22.2. The lowest BCUT2D eigenvalue weighted by Crippen LogP contribution is -2.00. The number of hydrogen-bond donors (Lipinski definition) is 0. The predicted molar refractivity (Wildman–Crippen MR) is 120 cm³/mol. The van der Waals surface area contributed by atoms with Crippen molar-refractivity contribution in [3.8, 4) is 17.1 Å². The molecule has 0 saturated heterocycles. The molecule has 0 amide bonds. The van der Waals surface area contributed by atoms with Gasteiger partial charge in [-0.2, -0.15) is 0 Å². The molecule has 0 unspecified atom stereocenters. The SMILES string of the molecule is Cc1cc(-n2c(-c3cccc(Br)c3)nc3nc4ccccc4nc32)ccc1Br. The number of nitrogens with zero attached hydrogens (tertiary/aromatic N) is 4. The van der Waals surface area contributed by atoms with Gasteiger partial charge in [-0.15, -0.1) is 0 Å². The van der Waals surface area contributed by atoms with Gasteiger partial charge >= 0.3 is 0 Å². The van der Waals surface area contributed by atoms with Crippen LogP contribution in [0.15, 0.2) is 75.7 Å². The standard InChI is InChI=1S/C22H14Br2N4/c1-13-11-16(9-10-17(13)24)28-21(14-5-4-6-15(23)12-14)27-20-22(28)26-19-8-3-2-7-18(19)25-20/h2-12H,1H3. The molecule has 2 heterocycles. The fourth-order valence-electron chi connectivity index (χ4n) is 3.29. The smallest absolute Gasteiger partial charge is 0.199 e. The summed E-state index contributed by atoms with van der Waals surface area (Å²) in [5, 5.41) is 0. The summed E-state index contributed by atoms with van der Waals surface area (Å²) in [7, 11) is 0. The largest absolute Gasteiger partial charge is 0.275 e. The van der Waals surface area contributed by atoms with Crippen LogP contribution < -0.4 is 0 Å². The van der Waals surface area contributed by atoms with Gasteiger partial charge in [0.2, 0.25) is 0 Å². The second-order valence-corrected chi connectivity index (χ2v) is 8.34. The summed E-state index contributed by atoms with van der Waals surface area (Å²) in [4.78, 5) is 14.5. The summed E-state index contributed by atoms with van der Waals surface area (Å²) in [6.07, 6.45) is 0. The van der Waals surface area contributed by atoms with Crippen molar-refractivity contribution >= 4 is 54.2 Å². The van der Waals surface area contributed by atoms with E-state index in [0.29, 0.717) is 5.65 Å². The molecule has 0 aliphatic carbocycles. The number of rotatable bonds is 2. The number of halogens is 2. The van der Waals surface area contributed by atoms with Crippen molar-refractivity contribution in [3.63, 3.8) is 0 Å². The van der Waals surface area contributed by atoms with Crippen LogP contribution in [0.25, 0.3) is 39.4 Å². The van der Waals surface area contributed by atoms with Crippen molar-refractivity contribution in [1.82, 2.24) is 19.5 Å². The molecule has 5 rings (SSSR count). The average Bonchev–Trinajstić information content (AvgIpc) is 3.06. The summed E-state index contributed by atoms with van der Waals surface area (Å²) < 4.78 is 4.15. The highest BCUT2D eigenvalue weighted by molar-refractivity contribution is 9.10. The van der Waals surface area contributed by atoms with Crippen LogP contribution >= 0.6 is 31.9 Å². The summed E-state index contributed by atoms with van der Waals surface area (Å²) >= 11 is 7.16. The lowest BCUT2D eigenvalue weighted by atomic mass is 10.2. The van der Waals surface area contributed by atoms with Crippen molar-refractivity contribution in [3.05, 3.63) is 81.2 Å². The highest BCUT2D eigenvalue weighted by Gasteiger charge is 2.18. The Bertz CT molecular complexity index is 1360. The van der Waals surface area contributed by atoms with Gasteiger partial charge in [0, 0.05) is 20.2 Å². The van der Waals surface area contributed by atoms with Gasteiger partial charge in [0.15, 0.2) is 11.3 Å². The van der Waals surface area contributed by atoms with Crippen molar-refractivity contribution in [1.29, 1.82) is 0 Å². The van der Waals surface area contributed by atoms with E-state index in [2.05, 4.69) is 67.6 Å². The molecule has 0 atom stereocenters. The van der Waals surface area contributed by atoms with E-state index in [0.717, 1.165) is 48.3 Å². The van der Waals surface area contributed by atoms with E-state index in [1.807, 2.05) is 42.5 Å². The molecule has 2 aromatic heterocycles. The van der Waals surface area contributed by atoms with Gasteiger partial charge in [-0.05, 0) is 55.0 Å². The average molecular weight is 494 g/mol. The Morgan fingerprint density at radius 3 is 2.32 bits per heavy atom.